The van der Waals surface area contributed by atoms with E-state index in [0.29, 0.717) is 29.7 Å². The Morgan fingerprint density at radius 1 is 0.967 bits per heavy atom. The number of hydrogen-bond acceptors (Lipinski definition) is 4. The lowest BCUT2D eigenvalue weighted by Crippen LogP contribution is -2.30. The fourth-order valence-corrected chi connectivity index (χ4v) is 4.07. The van der Waals surface area contributed by atoms with Gasteiger partial charge in [-0.2, -0.15) is 0 Å². The second-order valence-electron chi connectivity index (χ2n) is 7.70. The predicted octanol–water partition coefficient (Wildman–Crippen LogP) is 5.32. The summed E-state index contributed by atoms with van der Waals surface area (Å²) in [5.41, 5.74) is 1.63. The van der Waals surface area contributed by atoms with E-state index in [2.05, 4.69) is 6.92 Å². The topological polar surface area (TPSA) is 59.8 Å². The summed E-state index contributed by atoms with van der Waals surface area (Å²) < 4.78 is 11.7. The standard InChI is InChI=1S/C25H27NO4/c1-3-5-8-16-29-18-13-11-17(12-14-18)22-21-23(27)19-9-6-7-10-20(19)30-24(21)25(28)26(22)15-4-2/h6-7,9-14,22H,3-5,8,15-16H2,1-2H3/t22-/m0/s1. The maximum absolute atomic E-state index is 13.3. The second-order valence-corrected chi connectivity index (χ2v) is 7.70. The van der Waals surface area contributed by atoms with Crippen molar-refractivity contribution in [3.05, 3.63) is 75.6 Å². The first-order valence-corrected chi connectivity index (χ1v) is 10.7. The van der Waals surface area contributed by atoms with E-state index in [9.17, 15) is 9.59 Å². The lowest BCUT2D eigenvalue weighted by Gasteiger charge is -2.24. The zero-order chi connectivity index (χ0) is 21.1. The number of amides is 1. The number of nitrogens with zero attached hydrogens (tertiary/aromatic N) is 1. The summed E-state index contributed by atoms with van der Waals surface area (Å²) in [6.45, 7) is 5.43. The number of fused-ring (bicyclic) bond motifs is 2. The molecule has 0 saturated heterocycles. The van der Waals surface area contributed by atoms with E-state index in [4.69, 9.17) is 9.15 Å². The average molecular weight is 405 g/mol. The summed E-state index contributed by atoms with van der Waals surface area (Å²) in [6.07, 6.45) is 4.13. The first kappa shape index (κ1) is 20.2. The van der Waals surface area contributed by atoms with Crippen molar-refractivity contribution < 1.29 is 13.9 Å². The van der Waals surface area contributed by atoms with Crippen molar-refractivity contribution >= 4 is 16.9 Å². The maximum Gasteiger partial charge on any atom is 0.290 e. The summed E-state index contributed by atoms with van der Waals surface area (Å²) >= 11 is 0. The zero-order valence-electron chi connectivity index (χ0n) is 17.5. The fourth-order valence-electron chi connectivity index (χ4n) is 4.07. The molecule has 1 amide bonds. The van der Waals surface area contributed by atoms with Gasteiger partial charge in [-0.15, -0.1) is 0 Å². The molecular formula is C25H27NO4. The molecule has 0 fully saturated rings. The van der Waals surface area contributed by atoms with Crippen LogP contribution in [0.25, 0.3) is 11.0 Å². The number of hydrogen-bond donors (Lipinski definition) is 0. The van der Waals surface area contributed by atoms with Gasteiger partial charge in [-0.3, -0.25) is 9.59 Å². The summed E-state index contributed by atoms with van der Waals surface area (Å²) in [4.78, 5) is 28.2. The molecule has 0 saturated carbocycles. The van der Waals surface area contributed by atoms with Crippen molar-refractivity contribution in [2.45, 2.75) is 45.6 Å². The summed E-state index contributed by atoms with van der Waals surface area (Å²) in [5.74, 6) is 0.739. The van der Waals surface area contributed by atoms with E-state index in [1.807, 2.05) is 37.3 Å². The van der Waals surface area contributed by atoms with Crippen molar-refractivity contribution in [2.75, 3.05) is 13.2 Å². The van der Waals surface area contributed by atoms with Crippen LogP contribution in [0, 0.1) is 0 Å². The summed E-state index contributed by atoms with van der Waals surface area (Å²) in [7, 11) is 0. The van der Waals surface area contributed by atoms with Crippen molar-refractivity contribution in [1.29, 1.82) is 0 Å². The zero-order valence-corrected chi connectivity index (χ0v) is 17.5. The SMILES string of the molecule is CCCCCOc1ccc([C@H]2c3c(oc4ccccc4c3=O)C(=O)N2CCC)cc1. The van der Waals surface area contributed by atoms with Crippen LogP contribution in [0.15, 0.2) is 57.7 Å². The highest BCUT2D eigenvalue weighted by Gasteiger charge is 2.42. The van der Waals surface area contributed by atoms with E-state index in [0.717, 1.165) is 37.0 Å². The molecule has 1 aliphatic heterocycles. The molecule has 2 heterocycles. The smallest absolute Gasteiger partial charge is 0.290 e. The highest BCUT2D eigenvalue weighted by atomic mass is 16.5. The van der Waals surface area contributed by atoms with Gasteiger partial charge < -0.3 is 14.1 Å². The van der Waals surface area contributed by atoms with Crippen LogP contribution in [0.5, 0.6) is 5.75 Å². The Labute approximate surface area is 176 Å². The van der Waals surface area contributed by atoms with Gasteiger partial charge in [-0.25, -0.2) is 0 Å². The Balaban J connectivity index is 1.73. The van der Waals surface area contributed by atoms with Crippen LogP contribution in [-0.4, -0.2) is 24.0 Å². The van der Waals surface area contributed by atoms with Gasteiger partial charge in [0, 0.05) is 6.54 Å². The molecular weight excluding hydrogens is 378 g/mol. The third-order valence-electron chi connectivity index (χ3n) is 5.55. The average Bonchev–Trinajstić information content (AvgIpc) is 3.04. The van der Waals surface area contributed by atoms with Gasteiger partial charge in [0.15, 0.2) is 5.43 Å². The Bertz CT molecular complexity index is 1100. The van der Waals surface area contributed by atoms with E-state index < -0.39 is 6.04 Å². The van der Waals surface area contributed by atoms with Crippen LogP contribution in [0.2, 0.25) is 0 Å². The van der Waals surface area contributed by atoms with E-state index in [-0.39, 0.29) is 17.1 Å². The molecule has 0 radical (unpaired) electrons. The van der Waals surface area contributed by atoms with Crippen LogP contribution in [0.3, 0.4) is 0 Å². The van der Waals surface area contributed by atoms with Crippen LogP contribution >= 0.6 is 0 Å². The Hall–Kier alpha value is -3.08. The molecule has 3 aromatic rings. The van der Waals surface area contributed by atoms with Crippen LogP contribution in [-0.2, 0) is 0 Å². The Morgan fingerprint density at radius 2 is 1.73 bits per heavy atom. The lowest BCUT2D eigenvalue weighted by molar-refractivity contribution is 0.0728. The minimum Gasteiger partial charge on any atom is -0.494 e. The minimum absolute atomic E-state index is 0.135. The van der Waals surface area contributed by atoms with E-state index in [1.54, 1.807) is 23.1 Å². The Morgan fingerprint density at radius 3 is 2.47 bits per heavy atom. The third kappa shape index (κ3) is 3.60. The molecule has 30 heavy (non-hydrogen) atoms. The number of ether oxygens (including phenoxy) is 1. The van der Waals surface area contributed by atoms with Crippen LogP contribution in [0.4, 0.5) is 0 Å². The predicted molar refractivity (Wildman–Crippen MR) is 117 cm³/mol. The molecule has 1 atom stereocenters. The summed E-state index contributed by atoms with van der Waals surface area (Å²) in [5, 5.41) is 0.503. The monoisotopic (exact) mass is 405 g/mol. The molecule has 156 valence electrons. The first-order chi connectivity index (χ1) is 14.7. The van der Waals surface area contributed by atoms with E-state index in [1.165, 1.54) is 0 Å². The normalized spacial score (nSPS) is 15.6. The van der Waals surface area contributed by atoms with Crippen molar-refractivity contribution in [3.8, 4) is 5.75 Å². The highest BCUT2D eigenvalue weighted by molar-refractivity contribution is 5.99. The minimum atomic E-state index is -0.442. The molecule has 5 nitrogen and oxygen atoms in total. The van der Waals surface area contributed by atoms with Gasteiger partial charge in [0.25, 0.3) is 5.91 Å². The maximum atomic E-state index is 13.3. The van der Waals surface area contributed by atoms with Gasteiger partial charge in [-0.1, -0.05) is 51.0 Å². The van der Waals surface area contributed by atoms with Gasteiger partial charge in [-0.05, 0) is 42.7 Å². The molecule has 0 bridgehead atoms. The molecule has 0 aliphatic carbocycles. The number of carbonyl (C=O) groups excluding carboxylic acids is 1. The largest absolute Gasteiger partial charge is 0.494 e. The fraction of sp³-hybridized carbons (Fsp3) is 0.360. The molecule has 1 aromatic heterocycles. The molecule has 5 heteroatoms. The highest BCUT2D eigenvalue weighted by Crippen LogP contribution is 2.38. The van der Waals surface area contributed by atoms with Crippen molar-refractivity contribution in [1.82, 2.24) is 4.90 Å². The van der Waals surface area contributed by atoms with E-state index >= 15 is 0 Å². The molecule has 2 aromatic carbocycles. The molecule has 4 rings (SSSR count). The number of benzene rings is 2. The second kappa shape index (κ2) is 8.74. The van der Waals surface area contributed by atoms with Crippen molar-refractivity contribution in [2.24, 2.45) is 0 Å². The molecule has 1 aliphatic rings. The van der Waals surface area contributed by atoms with Crippen molar-refractivity contribution in [3.63, 3.8) is 0 Å². The van der Waals surface area contributed by atoms with Crippen LogP contribution < -0.4 is 10.2 Å². The number of rotatable bonds is 8. The quantitative estimate of drug-likeness (QED) is 0.476. The lowest BCUT2D eigenvalue weighted by atomic mass is 9.98. The molecule has 0 N–H and O–H groups in total. The van der Waals surface area contributed by atoms with Gasteiger partial charge >= 0.3 is 0 Å². The van der Waals surface area contributed by atoms with Gasteiger partial charge in [0.2, 0.25) is 5.76 Å². The number of carbonyl (C=O) groups is 1. The van der Waals surface area contributed by atoms with Gasteiger partial charge in [0.1, 0.15) is 11.3 Å². The first-order valence-electron chi connectivity index (χ1n) is 10.7. The van der Waals surface area contributed by atoms with Gasteiger partial charge in [0.05, 0.1) is 23.6 Å². The van der Waals surface area contributed by atoms with Crippen LogP contribution in [0.1, 0.15) is 67.3 Å². The number of para-hydroxylation sites is 1. The Kier molecular flexibility index (Phi) is 5.88. The molecule has 0 unspecified atom stereocenters. The molecule has 0 spiro atoms. The third-order valence-corrected chi connectivity index (χ3v) is 5.55. The number of unbranched alkanes of at least 4 members (excludes halogenated alkanes) is 2. The summed E-state index contributed by atoms with van der Waals surface area (Å²) in [6, 6.07) is 14.4.